The van der Waals surface area contributed by atoms with Crippen LogP contribution in [0.3, 0.4) is 0 Å². The average Bonchev–Trinajstić information content (AvgIpc) is 2.08. The van der Waals surface area contributed by atoms with Gasteiger partial charge in [0.1, 0.15) is 5.82 Å². The molecule has 0 aromatic carbocycles. The molecule has 0 spiro atoms. The van der Waals surface area contributed by atoms with Crippen molar-refractivity contribution in [2.24, 2.45) is 5.73 Å². The first-order valence-electron chi connectivity index (χ1n) is 3.81. The summed E-state index contributed by atoms with van der Waals surface area (Å²) in [7, 11) is 0. The molecule has 4 heteroatoms. The second-order valence-corrected chi connectivity index (χ2v) is 3.08. The van der Waals surface area contributed by atoms with Crippen LogP contribution in [-0.4, -0.2) is 4.98 Å². The number of halogens is 1. The SMILES string of the molecule is CC[C@@H](N)c1cc(Cl)cnc1N. The molecule has 1 aromatic heterocycles. The van der Waals surface area contributed by atoms with Gasteiger partial charge in [0, 0.05) is 17.8 Å². The number of nitrogen functional groups attached to an aromatic ring is 1. The van der Waals surface area contributed by atoms with Crippen molar-refractivity contribution < 1.29 is 0 Å². The fourth-order valence-electron chi connectivity index (χ4n) is 0.982. The maximum atomic E-state index is 5.79. The van der Waals surface area contributed by atoms with Crippen molar-refractivity contribution in [1.29, 1.82) is 0 Å². The van der Waals surface area contributed by atoms with Gasteiger partial charge in [0.05, 0.1) is 5.02 Å². The van der Waals surface area contributed by atoms with Gasteiger partial charge >= 0.3 is 0 Å². The van der Waals surface area contributed by atoms with Crippen LogP contribution in [0.15, 0.2) is 12.3 Å². The lowest BCUT2D eigenvalue weighted by atomic mass is 10.1. The highest BCUT2D eigenvalue weighted by molar-refractivity contribution is 6.30. The van der Waals surface area contributed by atoms with Gasteiger partial charge in [-0.1, -0.05) is 18.5 Å². The van der Waals surface area contributed by atoms with E-state index in [1.165, 1.54) is 6.20 Å². The molecule has 12 heavy (non-hydrogen) atoms. The molecule has 0 amide bonds. The van der Waals surface area contributed by atoms with Gasteiger partial charge < -0.3 is 11.5 Å². The molecule has 1 rings (SSSR count). The molecule has 1 heterocycles. The van der Waals surface area contributed by atoms with Crippen molar-refractivity contribution in [3.05, 3.63) is 22.8 Å². The molecule has 0 saturated heterocycles. The van der Waals surface area contributed by atoms with E-state index in [1.54, 1.807) is 6.07 Å². The molecular weight excluding hydrogens is 174 g/mol. The van der Waals surface area contributed by atoms with Crippen molar-refractivity contribution in [3.8, 4) is 0 Å². The number of hydrogen-bond donors (Lipinski definition) is 2. The third-order valence-corrected chi connectivity index (χ3v) is 1.96. The van der Waals surface area contributed by atoms with E-state index in [0.717, 1.165) is 12.0 Å². The molecule has 0 unspecified atom stereocenters. The van der Waals surface area contributed by atoms with Gasteiger partial charge in [-0.05, 0) is 12.5 Å². The van der Waals surface area contributed by atoms with E-state index < -0.39 is 0 Å². The molecule has 1 aromatic rings. The largest absolute Gasteiger partial charge is 0.383 e. The first-order valence-corrected chi connectivity index (χ1v) is 4.19. The summed E-state index contributed by atoms with van der Waals surface area (Å²) >= 11 is 5.74. The van der Waals surface area contributed by atoms with Crippen molar-refractivity contribution in [2.75, 3.05) is 5.73 Å². The standard InChI is InChI=1S/C8H12ClN3/c1-2-7(10)6-3-5(9)4-12-8(6)11/h3-4,7H,2,10H2,1H3,(H2,11,12)/t7-/m1/s1. The summed E-state index contributed by atoms with van der Waals surface area (Å²) in [4.78, 5) is 3.91. The lowest BCUT2D eigenvalue weighted by molar-refractivity contribution is 0.698. The van der Waals surface area contributed by atoms with Crippen molar-refractivity contribution in [1.82, 2.24) is 4.98 Å². The molecule has 0 bridgehead atoms. The van der Waals surface area contributed by atoms with Gasteiger partial charge in [0.15, 0.2) is 0 Å². The van der Waals surface area contributed by atoms with Crippen LogP contribution in [0.1, 0.15) is 24.9 Å². The van der Waals surface area contributed by atoms with Crippen LogP contribution in [0.5, 0.6) is 0 Å². The molecule has 66 valence electrons. The van der Waals surface area contributed by atoms with Gasteiger partial charge in [-0.25, -0.2) is 4.98 Å². The van der Waals surface area contributed by atoms with Crippen LogP contribution in [-0.2, 0) is 0 Å². The molecule has 0 radical (unpaired) electrons. The molecule has 1 atom stereocenters. The quantitative estimate of drug-likeness (QED) is 0.738. The van der Waals surface area contributed by atoms with Gasteiger partial charge in [-0.3, -0.25) is 0 Å². The van der Waals surface area contributed by atoms with E-state index in [9.17, 15) is 0 Å². The van der Waals surface area contributed by atoms with Crippen LogP contribution in [0, 0.1) is 0 Å². The Bertz CT molecular complexity index is 275. The highest BCUT2D eigenvalue weighted by Gasteiger charge is 2.08. The molecule has 3 nitrogen and oxygen atoms in total. The molecule has 0 saturated carbocycles. The van der Waals surface area contributed by atoms with E-state index in [2.05, 4.69) is 4.98 Å². The minimum absolute atomic E-state index is 0.0730. The molecule has 0 aliphatic rings. The fraction of sp³-hybridized carbons (Fsp3) is 0.375. The first kappa shape index (κ1) is 9.29. The topological polar surface area (TPSA) is 64.9 Å². The number of nitrogens with two attached hydrogens (primary N) is 2. The summed E-state index contributed by atoms with van der Waals surface area (Å²) in [5.74, 6) is 0.466. The molecule has 0 aliphatic heterocycles. The Morgan fingerprint density at radius 2 is 2.33 bits per heavy atom. The van der Waals surface area contributed by atoms with E-state index in [1.807, 2.05) is 6.92 Å². The first-order chi connectivity index (χ1) is 5.65. The summed E-state index contributed by atoms with van der Waals surface area (Å²) in [5, 5.41) is 0.572. The summed E-state index contributed by atoms with van der Waals surface area (Å²) in [5.41, 5.74) is 12.2. The Morgan fingerprint density at radius 1 is 1.67 bits per heavy atom. The van der Waals surface area contributed by atoms with Crippen LogP contribution < -0.4 is 11.5 Å². The number of rotatable bonds is 2. The Hall–Kier alpha value is -0.800. The zero-order valence-electron chi connectivity index (χ0n) is 6.92. The van der Waals surface area contributed by atoms with Crippen LogP contribution in [0.25, 0.3) is 0 Å². The maximum Gasteiger partial charge on any atom is 0.128 e. The lowest BCUT2D eigenvalue weighted by Crippen LogP contribution is -2.12. The molecule has 4 N–H and O–H groups in total. The zero-order chi connectivity index (χ0) is 9.14. The third kappa shape index (κ3) is 1.87. The van der Waals surface area contributed by atoms with Gasteiger partial charge in [-0.2, -0.15) is 0 Å². The lowest BCUT2D eigenvalue weighted by Gasteiger charge is -2.10. The monoisotopic (exact) mass is 185 g/mol. The van der Waals surface area contributed by atoms with Crippen molar-refractivity contribution in [2.45, 2.75) is 19.4 Å². The number of nitrogens with zero attached hydrogens (tertiary/aromatic N) is 1. The third-order valence-electron chi connectivity index (χ3n) is 1.76. The molecule has 0 aliphatic carbocycles. The predicted molar refractivity (Wildman–Crippen MR) is 50.9 cm³/mol. The highest BCUT2D eigenvalue weighted by atomic mass is 35.5. The number of hydrogen-bond acceptors (Lipinski definition) is 3. The summed E-state index contributed by atoms with van der Waals surface area (Å²) in [6.07, 6.45) is 2.34. The Labute approximate surface area is 76.7 Å². The smallest absolute Gasteiger partial charge is 0.128 e. The highest BCUT2D eigenvalue weighted by Crippen LogP contribution is 2.21. The minimum atomic E-state index is -0.0730. The van der Waals surface area contributed by atoms with Crippen LogP contribution in [0.4, 0.5) is 5.82 Å². The van der Waals surface area contributed by atoms with E-state index >= 15 is 0 Å². The van der Waals surface area contributed by atoms with Gasteiger partial charge in [0.25, 0.3) is 0 Å². The molecule has 0 fully saturated rings. The summed E-state index contributed by atoms with van der Waals surface area (Å²) in [6, 6.07) is 1.69. The van der Waals surface area contributed by atoms with Gasteiger partial charge in [0.2, 0.25) is 0 Å². The Kier molecular flexibility index (Phi) is 2.89. The van der Waals surface area contributed by atoms with Crippen molar-refractivity contribution in [3.63, 3.8) is 0 Å². The second kappa shape index (κ2) is 3.74. The second-order valence-electron chi connectivity index (χ2n) is 2.64. The van der Waals surface area contributed by atoms with E-state index in [-0.39, 0.29) is 6.04 Å². The minimum Gasteiger partial charge on any atom is -0.383 e. The Morgan fingerprint density at radius 3 is 2.92 bits per heavy atom. The Balaban J connectivity index is 3.04. The normalized spacial score (nSPS) is 12.9. The summed E-state index contributed by atoms with van der Waals surface area (Å²) in [6.45, 7) is 1.99. The van der Waals surface area contributed by atoms with E-state index in [0.29, 0.717) is 10.8 Å². The number of anilines is 1. The van der Waals surface area contributed by atoms with E-state index in [4.69, 9.17) is 23.1 Å². The predicted octanol–water partition coefficient (Wildman–Crippen LogP) is 1.73. The van der Waals surface area contributed by atoms with Gasteiger partial charge in [-0.15, -0.1) is 0 Å². The van der Waals surface area contributed by atoms with Crippen molar-refractivity contribution >= 4 is 17.4 Å². The number of pyridine rings is 1. The summed E-state index contributed by atoms with van der Waals surface area (Å²) < 4.78 is 0. The fourth-order valence-corrected chi connectivity index (χ4v) is 1.15. The average molecular weight is 186 g/mol. The zero-order valence-corrected chi connectivity index (χ0v) is 7.67. The number of aromatic nitrogens is 1. The van der Waals surface area contributed by atoms with Crippen LogP contribution >= 0.6 is 11.6 Å². The maximum absolute atomic E-state index is 5.79. The molecular formula is C8H12ClN3. The van der Waals surface area contributed by atoms with Crippen LogP contribution in [0.2, 0.25) is 5.02 Å².